The van der Waals surface area contributed by atoms with Gasteiger partial charge in [-0.15, -0.1) is 0 Å². The lowest BCUT2D eigenvalue weighted by molar-refractivity contribution is -0.161. The Morgan fingerprint density at radius 3 is 1.88 bits per heavy atom. The van der Waals surface area contributed by atoms with Crippen LogP contribution in [-0.4, -0.2) is 128 Å². The number of methoxy groups -OCH3 is 1. The predicted molar refractivity (Wildman–Crippen MR) is 205 cm³/mol. The summed E-state index contributed by atoms with van der Waals surface area (Å²) < 4.78 is 70.7. The third-order valence-electron chi connectivity index (χ3n) is 9.27. The number of allylic oxidation sites excluding steroid dienone is 1. The summed E-state index contributed by atoms with van der Waals surface area (Å²) in [7, 11) is -4.74. The number of carbonyl (C=O) groups excluding carboxylic acids is 2. The summed E-state index contributed by atoms with van der Waals surface area (Å²) in [6.07, 6.45) is -0.0757. The van der Waals surface area contributed by atoms with Gasteiger partial charge < -0.3 is 41.9 Å². The second-order valence-electron chi connectivity index (χ2n) is 14.7. The van der Waals surface area contributed by atoms with E-state index in [9.17, 15) is 14.2 Å². The van der Waals surface area contributed by atoms with Crippen LogP contribution in [0.5, 0.6) is 0 Å². The molecule has 5 atom stereocenters. The first-order valence-corrected chi connectivity index (χ1v) is 23.7. The maximum Gasteiger partial charge on any atom is 0.333 e. The van der Waals surface area contributed by atoms with Crippen molar-refractivity contribution in [3.63, 3.8) is 0 Å². The van der Waals surface area contributed by atoms with Crippen molar-refractivity contribution < 1.29 is 56.0 Å². The minimum Gasteiger partial charge on any atom is -0.408 e. The SMILES string of the molecule is CCCCOCC(COCCCC)O[C@H](CP(=O)(OCC)OCC)[C@H]1O[C@@H](N(/C=C(/C)C(C)=O)C(C)=O)[C@H](OCCOC)[C@@H]1O[Si](C)(C)C(C)(C)C. The van der Waals surface area contributed by atoms with Crippen molar-refractivity contribution in [2.24, 2.45) is 0 Å². The third-order valence-corrected chi connectivity index (χ3v) is 15.9. The van der Waals surface area contributed by atoms with Gasteiger partial charge in [0.25, 0.3) is 0 Å². The Morgan fingerprint density at radius 1 is 0.885 bits per heavy atom. The molecule has 0 aromatic heterocycles. The van der Waals surface area contributed by atoms with Crippen LogP contribution in [0.25, 0.3) is 0 Å². The zero-order valence-electron chi connectivity index (χ0n) is 34.5. The normalized spacial score (nSPS) is 20.8. The number of hydrogen-bond acceptors (Lipinski definition) is 12. The highest BCUT2D eigenvalue weighted by atomic mass is 31.2. The van der Waals surface area contributed by atoms with Crippen molar-refractivity contribution >= 4 is 27.6 Å². The average Bonchev–Trinajstić information content (AvgIpc) is 3.39. The highest BCUT2D eigenvalue weighted by Gasteiger charge is 2.56. The van der Waals surface area contributed by atoms with Gasteiger partial charge in [0, 0.05) is 39.0 Å². The van der Waals surface area contributed by atoms with Crippen molar-refractivity contribution in [3.05, 3.63) is 11.8 Å². The van der Waals surface area contributed by atoms with Crippen molar-refractivity contribution in [3.8, 4) is 0 Å². The molecule has 1 rings (SSSR count). The first-order chi connectivity index (χ1) is 24.4. The van der Waals surface area contributed by atoms with E-state index >= 15 is 0 Å². The summed E-state index contributed by atoms with van der Waals surface area (Å²) in [5.74, 6) is -0.563. The summed E-state index contributed by atoms with van der Waals surface area (Å²) in [5.41, 5.74) is 0.360. The van der Waals surface area contributed by atoms with E-state index in [1.54, 1.807) is 27.9 Å². The number of unbranched alkanes of at least 4 members (excludes halogenated alkanes) is 2. The Morgan fingerprint density at radius 2 is 1.44 bits per heavy atom. The maximum absolute atomic E-state index is 14.3. The summed E-state index contributed by atoms with van der Waals surface area (Å²) in [4.78, 5) is 27.1. The number of ether oxygens (including phenoxy) is 6. The van der Waals surface area contributed by atoms with Gasteiger partial charge in [0.1, 0.15) is 24.4 Å². The molecule has 52 heavy (non-hydrogen) atoms. The maximum atomic E-state index is 14.3. The second-order valence-corrected chi connectivity index (χ2v) is 21.6. The van der Waals surface area contributed by atoms with Crippen LogP contribution < -0.4 is 0 Å². The lowest BCUT2D eigenvalue weighted by Gasteiger charge is -2.42. The molecule has 1 aliphatic rings. The molecule has 1 heterocycles. The van der Waals surface area contributed by atoms with E-state index in [4.69, 9.17) is 41.9 Å². The molecule has 1 amide bonds. The standard InChI is InChI=1S/C37H72NO12PSi/c1-14-18-20-43-25-31(26-44-21-19-15-2)48-32(27-51(41,46-16-3)47-17-4)33-34(50-52(12,13)37(8,9)10)35(45-23-22-42-11)36(49-33)38(30(7)40)24-28(5)29(6)39/h24,31-36H,14-23,25-27H2,1-13H3/b28-24-/t32-,33-,34-,35-,36-/m1/s1. The molecule has 0 aliphatic carbocycles. The van der Waals surface area contributed by atoms with Gasteiger partial charge in [-0.1, -0.05) is 47.5 Å². The van der Waals surface area contributed by atoms with Crippen LogP contribution >= 0.6 is 7.60 Å². The molecular weight excluding hydrogens is 709 g/mol. The Balaban J connectivity index is 4.00. The molecule has 0 spiro atoms. The highest BCUT2D eigenvalue weighted by molar-refractivity contribution is 7.53. The minimum absolute atomic E-state index is 0.154. The molecule has 1 fully saturated rings. The molecule has 306 valence electrons. The lowest BCUT2D eigenvalue weighted by Crippen LogP contribution is -2.54. The molecule has 13 nitrogen and oxygen atoms in total. The van der Waals surface area contributed by atoms with E-state index in [1.165, 1.54) is 24.9 Å². The monoisotopic (exact) mass is 781 g/mol. The van der Waals surface area contributed by atoms with Crippen LogP contribution in [0.4, 0.5) is 0 Å². The molecule has 1 aliphatic heterocycles. The van der Waals surface area contributed by atoms with Gasteiger partial charge >= 0.3 is 7.60 Å². The summed E-state index contributed by atoms with van der Waals surface area (Å²) in [6, 6.07) is 0. The van der Waals surface area contributed by atoms with E-state index in [0.29, 0.717) is 18.8 Å². The van der Waals surface area contributed by atoms with Crippen molar-refractivity contribution in [2.75, 3.05) is 66.1 Å². The van der Waals surface area contributed by atoms with Crippen LogP contribution in [0.2, 0.25) is 18.1 Å². The lowest BCUT2D eigenvalue weighted by atomic mass is 10.1. The molecule has 0 aromatic carbocycles. The molecule has 0 radical (unpaired) electrons. The zero-order chi connectivity index (χ0) is 39.5. The topological polar surface area (TPSA) is 138 Å². The van der Waals surface area contributed by atoms with Crippen molar-refractivity contribution in [2.45, 2.75) is 150 Å². The Kier molecular flexibility index (Phi) is 23.1. The fraction of sp³-hybridized carbons (Fsp3) is 0.892. The van der Waals surface area contributed by atoms with Gasteiger partial charge in [0.15, 0.2) is 20.3 Å². The summed E-state index contributed by atoms with van der Waals surface area (Å²) >= 11 is 0. The average molecular weight is 782 g/mol. The van der Waals surface area contributed by atoms with Gasteiger partial charge in [-0.3, -0.25) is 19.1 Å². The quantitative estimate of drug-likeness (QED) is 0.0346. The summed E-state index contributed by atoms with van der Waals surface area (Å²) in [6.45, 7) is 25.2. The Bertz CT molecular complexity index is 1090. The van der Waals surface area contributed by atoms with Gasteiger partial charge in [-0.05, 0) is 58.7 Å². The van der Waals surface area contributed by atoms with Crippen LogP contribution in [0, 0.1) is 0 Å². The fourth-order valence-corrected chi connectivity index (χ4v) is 8.31. The number of ketones is 1. The number of Topliss-reactive ketones (excluding diaryl/α,β-unsaturated/α-hetero) is 1. The number of carbonyl (C=O) groups is 2. The second kappa shape index (κ2) is 24.5. The predicted octanol–water partition coefficient (Wildman–Crippen LogP) is 7.13. The molecule has 0 aromatic rings. The number of hydrogen-bond donors (Lipinski definition) is 0. The van der Waals surface area contributed by atoms with Gasteiger partial charge in [-0.2, -0.15) is 0 Å². The van der Waals surface area contributed by atoms with E-state index in [2.05, 4.69) is 47.7 Å². The Labute approximate surface area is 315 Å². The van der Waals surface area contributed by atoms with Gasteiger partial charge in [0.2, 0.25) is 5.91 Å². The van der Waals surface area contributed by atoms with Crippen LogP contribution in [-0.2, 0) is 56.0 Å². The fourth-order valence-electron chi connectivity index (χ4n) is 5.20. The van der Waals surface area contributed by atoms with Crippen molar-refractivity contribution in [1.82, 2.24) is 4.90 Å². The highest BCUT2D eigenvalue weighted by Crippen LogP contribution is 2.51. The van der Waals surface area contributed by atoms with Crippen LogP contribution in [0.3, 0.4) is 0 Å². The largest absolute Gasteiger partial charge is 0.408 e. The molecule has 0 bridgehead atoms. The summed E-state index contributed by atoms with van der Waals surface area (Å²) in [5, 5.41) is -0.219. The van der Waals surface area contributed by atoms with E-state index in [0.717, 1.165) is 25.7 Å². The van der Waals surface area contributed by atoms with E-state index < -0.39 is 52.7 Å². The zero-order valence-corrected chi connectivity index (χ0v) is 36.4. The van der Waals surface area contributed by atoms with E-state index in [-0.39, 0.29) is 62.5 Å². The minimum atomic E-state index is -3.74. The van der Waals surface area contributed by atoms with Gasteiger partial charge in [-0.25, -0.2) is 0 Å². The van der Waals surface area contributed by atoms with Crippen LogP contribution in [0.1, 0.15) is 94.9 Å². The smallest absolute Gasteiger partial charge is 0.333 e. The first-order valence-electron chi connectivity index (χ1n) is 19.0. The number of amides is 1. The molecule has 1 saturated heterocycles. The molecule has 0 N–H and O–H groups in total. The van der Waals surface area contributed by atoms with Crippen molar-refractivity contribution in [1.29, 1.82) is 0 Å². The third kappa shape index (κ3) is 16.4. The van der Waals surface area contributed by atoms with Crippen LogP contribution in [0.15, 0.2) is 11.8 Å². The number of rotatable bonds is 28. The molecular formula is C37H72NO12PSi. The molecule has 0 saturated carbocycles. The van der Waals surface area contributed by atoms with Gasteiger partial charge in [0.05, 0.1) is 51.9 Å². The van der Waals surface area contributed by atoms with E-state index in [1.807, 2.05) is 0 Å². The number of nitrogens with zero attached hydrogens (tertiary/aromatic N) is 1. The Hall–Kier alpha value is -1.03. The first kappa shape index (κ1) is 49.0. The molecule has 0 unspecified atom stereocenters. The molecule has 15 heteroatoms.